The lowest BCUT2D eigenvalue weighted by Crippen LogP contribution is -1.89. The Balaban J connectivity index is 2.09. The van der Waals surface area contributed by atoms with Crippen LogP contribution in [0.15, 0.2) is 60.4 Å². The Morgan fingerprint density at radius 1 is 0.926 bits per heavy atom. The van der Waals surface area contributed by atoms with Crippen molar-refractivity contribution in [3.8, 4) is 23.0 Å². The number of benzene rings is 2. The standard InChI is InChI=1S/C21H20O6/c1-26-20-11-14(5-9-18(20)24)3-7-16(22)13-17(23)8-4-15-6-10-19(25)21(12-15)27-2/h3-13,22,24-25H,1-2H3/i1D3,2D3. The third kappa shape index (κ3) is 5.67. The number of ketones is 1. The van der Waals surface area contributed by atoms with Crippen molar-refractivity contribution in [1.29, 1.82) is 0 Å². The van der Waals surface area contributed by atoms with Crippen molar-refractivity contribution in [2.45, 2.75) is 0 Å². The maximum absolute atomic E-state index is 12.0. The summed E-state index contributed by atoms with van der Waals surface area (Å²) in [5.41, 5.74) is 0.760. The van der Waals surface area contributed by atoms with Gasteiger partial charge in [0.05, 0.1) is 22.3 Å². The van der Waals surface area contributed by atoms with Crippen LogP contribution in [0.4, 0.5) is 0 Å². The summed E-state index contributed by atoms with van der Waals surface area (Å²) in [6, 6.07) is 7.78. The fraction of sp³-hybridized carbons (Fsp3) is 0.0952. The molecule has 0 aromatic heterocycles. The van der Waals surface area contributed by atoms with E-state index in [4.69, 9.17) is 8.22 Å². The Kier molecular flexibility index (Phi) is 4.28. The molecule has 0 saturated heterocycles. The molecule has 3 N–H and O–H groups in total. The number of methoxy groups -OCH3 is 2. The number of aliphatic hydroxyl groups excluding tert-OH is 1. The molecule has 6 heteroatoms. The molecule has 0 unspecified atom stereocenters. The van der Waals surface area contributed by atoms with Gasteiger partial charge in [-0.25, -0.2) is 0 Å². The molecule has 27 heavy (non-hydrogen) atoms. The molecule has 0 atom stereocenters. The molecule has 0 amide bonds. The molecule has 0 saturated carbocycles. The first kappa shape index (κ1) is 12.6. The van der Waals surface area contributed by atoms with Crippen molar-refractivity contribution < 1.29 is 37.8 Å². The van der Waals surface area contributed by atoms with Crippen LogP contribution in [-0.2, 0) is 4.79 Å². The monoisotopic (exact) mass is 374 g/mol. The predicted molar refractivity (Wildman–Crippen MR) is 103 cm³/mol. The lowest BCUT2D eigenvalue weighted by molar-refractivity contribution is -0.110. The Morgan fingerprint density at radius 3 is 1.96 bits per heavy atom. The Morgan fingerprint density at radius 2 is 1.44 bits per heavy atom. The first-order chi connectivity index (χ1) is 15.2. The summed E-state index contributed by atoms with van der Waals surface area (Å²) in [7, 11) is -5.51. The number of allylic oxidation sites excluding steroid dienone is 3. The highest BCUT2D eigenvalue weighted by molar-refractivity contribution is 6.02. The van der Waals surface area contributed by atoms with Crippen LogP contribution in [0.5, 0.6) is 23.0 Å². The molecule has 0 bridgehead atoms. The van der Waals surface area contributed by atoms with E-state index >= 15 is 0 Å². The summed E-state index contributed by atoms with van der Waals surface area (Å²) in [6.07, 6.45) is 5.90. The maximum atomic E-state index is 12.0. The molecule has 0 fully saturated rings. The van der Waals surface area contributed by atoms with Crippen LogP contribution < -0.4 is 9.47 Å². The van der Waals surface area contributed by atoms with E-state index in [1.165, 1.54) is 54.6 Å². The van der Waals surface area contributed by atoms with Crippen molar-refractivity contribution in [2.24, 2.45) is 0 Å². The highest BCUT2D eigenvalue weighted by atomic mass is 16.5. The second-order valence-corrected chi connectivity index (χ2v) is 5.30. The Hall–Kier alpha value is -3.67. The summed E-state index contributed by atoms with van der Waals surface area (Å²) >= 11 is 0. The minimum absolute atomic E-state index is 0.268. The summed E-state index contributed by atoms with van der Waals surface area (Å²) in [5.74, 6) is -2.30. The Labute approximate surface area is 165 Å². The van der Waals surface area contributed by atoms with Gasteiger partial charge < -0.3 is 24.8 Å². The molecule has 0 radical (unpaired) electrons. The number of carbonyl (C=O) groups excluding carboxylic acids is 1. The molecule has 2 rings (SSSR count). The number of aromatic hydroxyl groups is 2. The number of ether oxygens (including phenoxy) is 2. The number of hydrogen-bond acceptors (Lipinski definition) is 6. The number of aliphatic hydroxyl groups is 1. The van der Waals surface area contributed by atoms with Gasteiger partial charge in [-0.05, 0) is 47.5 Å². The van der Waals surface area contributed by atoms with Gasteiger partial charge in [-0.1, -0.05) is 24.3 Å². The van der Waals surface area contributed by atoms with Gasteiger partial charge in [0.1, 0.15) is 5.76 Å². The average Bonchev–Trinajstić information content (AvgIpc) is 2.67. The molecule has 6 nitrogen and oxygen atoms in total. The molecule has 2 aromatic carbocycles. The van der Waals surface area contributed by atoms with Crippen LogP contribution in [0.2, 0.25) is 0 Å². The smallest absolute Gasteiger partial charge is 0.182 e. The minimum atomic E-state index is -2.76. The van der Waals surface area contributed by atoms with Gasteiger partial charge in [-0.2, -0.15) is 0 Å². The number of phenols is 2. The third-order valence-electron chi connectivity index (χ3n) is 3.36. The summed E-state index contributed by atoms with van der Waals surface area (Å²) in [6.45, 7) is 0. The Bertz CT molecular complexity index is 1100. The van der Waals surface area contributed by atoms with Crippen molar-refractivity contribution in [3.05, 3.63) is 71.5 Å². The second kappa shape index (κ2) is 9.15. The second-order valence-electron chi connectivity index (χ2n) is 5.30. The quantitative estimate of drug-likeness (QED) is 0.387. The summed E-state index contributed by atoms with van der Waals surface area (Å²) in [4.78, 5) is 12.0. The molecular weight excluding hydrogens is 348 g/mol. The van der Waals surface area contributed by atoms with E-state index in [0.29, 0.717) is 11.1 Å². The van der Waals surface area contributed by atoms with Gasteiger partial charge in [0.2, 0.25) is 0 Å². The van der Waals surface area contributed by atoms with E-state index in [1.54, 1.807) is 0 Å². The van der Waals surface area contributed by atoms with Crippen molar-refractivity contribution in [2.75, 3.05) is 14.1 Å². The number of rotatable bonds is 7. The zero-order valence-corrected chi connectivity index (χ0v) is 13.9. The summed E-state index contributed by atoms with van der Waals surface area (Å²) < 4.78 is 51.9. The predicted octanol–water partition coefficient (Wildman–Crippen LogP) is 3.85. The lowest BCUT2D eigenvalue weighted by atomic mass is 10.1. The van der Waals surface area contributed by atoms with E-state index in [1.807, 2.05) is 0 Å². The highest BCUT2D eigenvalue weighted by Gasteiger charge is 2.02. The van der Waals surface area contributed by atoms with Gasteiger partial charge in [0, 0.05) is 6.08 Å². The van der Waals surface area contributed by atoms with E-state index in [9.17, 15) is 20.1 Å². The minimum Gasteiger partial charge on any atom is -0.508 e. The van der Waals surface area contributed by atoms with E-state index in [-0.39, 0.29) is 23.0 Å². The lowest BCUT2D eigenvalue weighted by Gasteiger charge is -2.03. The van der Waals surface area contributed by atoms with E-state index in [0.717, 1.165) is 12.2 Å². The van der Waals surface area contributed by atoms with Crippen LogP contribution in [-0.4, -0.2) is 35.2 Å². The fourth-order valence-electron chi connectivity index (χ4n) is 2.03. The fourth-order valence-corrected chi connectivity index (χ4v) is 2.03. The average molecular weight is 374 g/mol. The van der Waals surface area contributed by atoms with Gasteiger partial charge in [-0.15, -0.1) is 0 Å². The molecule has 140 valence electrons. The third-order valence-corrected chi connectivity index (χ3v) is 3.36. The van der Waals surface area contributed by atoms with Crippen molar-refractivity contribution in [3.63, 3.8) is 0 Å². The van der Waals surface area contributed by atoms with Crippen molar-refractivity contribution >= 4 is 17.9 Å². The van der Waals surface area contributed by atoms with Crippen LogP contribution in [0.3, 0.4) is 0 Å². The first-order valence-corrected chi connectivity index (χ1v) is 7.57. The van der Waals surface area contributed by atoms with Gasteiger partial charge in [0.15, 0.2) is 28.8 Å². The van der Waals surface area contributed by atoms with Gasteiger partial charge in [-0.3, -0.25) is 4.79 Å². The number of phenolic OH excluding ortho intramolecular Hbond substituents is 2. The first-order valence-electron chi connectivity index (χ1n) is 10.6. The zero-order chi connectivity index (χ0) is 24.8. The van der Waals surface area contributed by atoms with E-state index in [2.05, 4.69) is 9.47 Å². The highest BCUT2D eigenvalue weighted by Crippen LogP contribution is 2.27. The maximum Gasteiger partial charge on any atom is 0.182 e. The normalized spacial score (nSPS) is 16.1. The zero-order valence-electron chi connectivity index (χ0n) is 19.9. The molecule has 0 heterocycles. The largest absolute Gasteiger partial charge is 0.508 e. The van der Waals surface area contributed by atoms with Gasteiger partial charge in [0.25, 0.3) is 0 Å². The van der Waals surface area contributed by atoms with Gasteiger partial charge >= 0.3 is 0 Å². The van der Waals surface area contributed by atoms with E-state index < -0.39 is 25.6 Å². The number of hydrogen-bond donors (Lipinski definition) is 3. The van der Waals surface area contributed by atoms with Crippen LogP contribution >= 0.6 is 0 Å². The van der Waals surface area contributed by atoms with Crippen LogP contribution in [0.1, 0.15) is 19.4 Å². The van der Waals surface area contributed by atoms with Crippen LogP contribution in [0, 0.1) is 0 Å². The molecule has 0 aliphatic rings. The molecule has 0 aliphatic carbocycles. The number of carbonyl (C=O) groups is 1. The SMILES string of the molecule is [2H]C([2H])([2H])Oc1cc(C=CC(=O)C=C(O)C=Cc2ccc(O)c(OC([2H])([2H])[2H])c2)ccc1O. The molecular formula is C21H20O6. The van der Waals surface area contributed by atoms with Crippen LogP contribution in [0.25, 0.3) is 12.2 Å². The molecule has 0 spiro atoms. The van der Waals surface area contributed by atoms with Crippen molar-refractivity contribution in [1.82, 2.24) is 0 Å². The topological polar surface area (TPSA) is 96.2 Å². The molecule has 2 aromatic rings. The molecule has 0 aliphatic heterocycles. The summed E-state index contributed by atoms with van der Waals surface area (Å²) in [5, 5.41) is 29.3.